The molecule has 4 heterocycles. The molecule has 2 aromatic rings. The van der Waals surface area contributed by atoms with Gasteiger partial charge in [-0.05, 0) is 18.9 Å². The summed E-state index contributed by atoms with van der Waals surface area (Å²) >= 11 is 0. The van der Waals surface area contributed by atoms with Crippen LogP contribution < -0.4 is 10.5 Å². The third-order valence-electron chi connectivity index (χ3n) is 4.62. The predicted octanol–water partition coefficient (Wildman–Crippen LogP) is 1.54. The average Bonchev–Trinajstić information content (AvgIpc) is 2.46. The van der Waals surface area contributed by atoms with Crippen molar-refractivity contribution in [1.29, 1.82) is 0 Å². The molecule has 5 nitrogen and oxygen atoms in total. The largest absolute Gasteiger partial charge is 0.381 e. The molecular formula is C15H17N3O2. The first-order chi connectivity index (χ1) is 9.77. The van der Waals surface area contributed by atoms with Gasteiger partial charge in [0.1, 0.15) is 0 Å². The fourth-order valence-corrected chi connectivity index (χ4v) is 3.40. The van der Waals surface area contributed by atoms with Crippen molar-refractivity contribution in [2.45, 2.75) is 12.8 Å². The first-order valence-corrected chi connectivity index (χ1v) is 7.06. The Labute approximate surface area is 116 Å². The lowest BCUT2D eigenvalue weighted by molar-refractivity contribution is -0.000117. The number of nitrogens with zero attached hydrogens (tertiary/aromatic N) is 2. The Morgan fingerprint density at radius 1 is 1.20 bits per heavy atom. The van der Waals surface area contributed by atoms with Gasteiger partial charge in [0.05, 0.1) is 17.3 Å². The number of nitrogens with one attached hydrogen (secondary N) is 1. The summed E-state index contributed by atoms with van der Waals surface area (Å²) in [5.41, 5.74) is 1.42. The van der Waals surface area contributed by atoms with Gasteiger partial charge < -0.3 is 14.6 Å². The molecule has 20 heavy (non-hydrogen) atoms. The molecule has 0 radical (unpaired) electrons. The molecular weight excluding hydrogens is 254 g/mol. The van der Waals surface area contributed by atoms with Crippen LogP contribution in [0, 0.1) is 5.41 Å². The summed E-state index contributed by atoms with van der Waals surface area (Å²) in [7, 11) is 0. The summed E-state index contributed by atoms with van der Waals surface area (Å²) in [4.78, 5) is 21.1. The molecule has 0 bridgehead atoms. The number of pyridine rings is 2. The first kappa shape index (κ1) is 11.9. The molecule has 0 aromatic carbocycles. The van der Waals surface area contributed by atoms with Crippen LogP contribution in [0.4, 0.5) is 5.69 Å². The molecule has 2 aliphatic heterocycles. The molecule has 104 valence electrons. The van der Waals surface area contributed by atoms with E-state index in [0.717, 1.165) is 50.2 Å². The van der Waals surface area contributed by atoms with Crippen molar-refractivity contribution in [2.24, 2.45) is 5.41 Å². The highest BCUT2D eigenvalue weighted by molar-refractivity contribution is 5.92. The van der Waals surface area contributed by atoms with Crippen LogP contribution in [0.2, 0.25) is 0 Å². The summed E-state index contributed by atoms with van der Waals surface area (Å²) in [5.74, 6) is 0. The lowest BCUT2D eigenvalue weighted by atomic mass is 9.73. The number of hydrogen-bond acceptors (Lipinski definition) is 4. The third-order valence-corrected chi connectivity index (χ3v) is 4.62. The number of fused-ring (bicyclic) bond motifs is 1. The second kappa shape index (κ2) is 4.31. The van der Waals surface area contributed by atoms with Gasteiger partial charge in [0, 0.05) is 49.5 Å². The predicted molar refractivity (Wildman–Crippen MR) is 77.1 cm³/mol. The number of H-pyrrole nitrogens is 1. The van der Waals surface area contributed by atoms with E-state index in [1.807, 2.05) is 12.3 Å². The average molecular weight is 271 g/mol. The van der Waals surface area contributed by atoms with Crippen LogP contribution in [0.25, 0.3) is 10.8 Å². The van der Waals surface area contributed by atoms with E-state index in [9.17, 15) is 4.79 Å². The van der Waals surface area contributed by atoms with Crippen molar-refractivity contribution in [3.8, 4) is 0 Å². The van der Waals surface area contributed by atoms with E-state index in [1.165, 1.54) is 0 Å². The summed E-state index contributed by atoms with van der Waals surface area (Å²) in [5, 5.41) is 1.66. The summed E-state index contributed by atoms with van der Waals surface area (Å²) in [6, 6.07) is 1.96. The second-order valence-corrected chi connectivity index (χ2v) is 5.90. The minimum absolute atomic E-state index is 0.0712. The number of rotatable bonds is 1. The van der Waals surface area contributed by atoms with Gasteiger partial charge in [0.25, 0.3) is 5.56 Å². The summed E-state index contributed by atoms with van der Waals surface area (Å²) in [6.45, 7) is 3.84. The normalized spacial score (nSPS) is 21.1. The van der Waals surface area contributed by atoms with Crippen LogP contribution in [0.3, 0.4) is 0 Å². The molecule has 0 unspecified atom stereocenters. The maximum Gasteiger partial charge on any atom is 0.257 e. The minimum atomic E-state index is -0.0712. The quantitative estimate of drug-likeness (QED) is 0.854. The van der Waals surface area contributed by atoms with Crippen LogP contribution in [-0.4, -0.2) is 36.3 Å². The molecule has 0 amide bonds. The standard InChI is InChI=1S/C15H17N3O2/c19-14-12-7-16-8-13(11(12)1-4-17-14)18-9-15(10-18)2-5-20-6-3-15/h1,4,7-8H,2-3,5-6,9-10H2,(H,17,19). The van der Waals surface area contributed by atoms with E-state index in [-0.39, 0.29) is 5.56 Å². The fraction of sp³-hybridized carbons (Fsp3) is 0.467. The zero-order chi connectivity index (χ0) is 13.6. The van der Waals surface area contributed by atoms with E-state index in [0.29, 0.717) is 10.8 Å². The number of anilines is 1. The molecule has 2 aromatic heterocycles. The highest BCUT2D eigenvalue weighted by Crippen LogP contribution is 2.43. The van der Waals surface area contributed by atoms with Crippen molar-refractivity contribution in [3.05, 3.63) is 35.0 Å². The second-order valence-electron chi connectivity index (χ2n) is 5.90. The van der Waals surface area contributed by atoms with Crippen LogP contribution in [-0.2, 0) is 4.74 Å². The van der Waals surface area contributed by atoms with Gasteiger partial charge in [-0.1, -0.05) is 0 Å². The smallest absolute Gasteiger partial charge is 0.257 e. The van der Waals surface area contributed by atoms with E-state index >= 15 is 0 Å². The fourth-order valence-electron chi connectivity index (χ4n) is 3.40. The highest BCUT2D eigenvalue weighted by atomic mass is 16.5. The van der Waals surface area contributed by atoms with E-state index in [2.05, 4.69) is 14.9 Å². The van der Waals surface area contributed by atoms with Crippen molar-refractivity contribution in [3.63, 3.8) is 0 Å². The Morgan fingerprint density at radius 2 is 2.00 bits per heavy atom. The topological polar surface area (TPSA) is 58.2 Å². The molecule has 4 rings (SSSR count). The van der Waals surface area contributed by atoms with Crippen LogP contribution in [0.5, 0.6) is 0 Å². The zero-order valence-electron chi connectivity index (χ0n) is 11.3. The minimum Gasteiger partial charge on any atom is -0.381 e. The number of aromatic nitrogens is 2. The number of hydrogen-bond donors (Lipinski definition) is 1. The van der Waals surface area contributed by atoms with Gasteiger partial charge in [-0.2, -0.15) is 0 Å². The van der Waals surface area contributed by atoms with E-state index < -0.39 is 0 Å². The van der Waals surface area contributed by atoms with Gasteiger partial charge in [0.15, 0.2) is 0 Å². The Kier molecular flexibility index (Phi) is 2.57. The lowest BCUT2D eigenvalue weighted by Gasteiger charge is -2.53. The molecule has 0 atom stereocenters. The van der Waals surface area contributed by atoms with Crippen molar-refractivity contribution < 1.29 is 4.74 Å². The van der Waals surface area contributed by atoms with Crippen molar-refractivity contribution in [2.75, 3.05) is 31.2 Å². The maximum absolute atomic E-state index is 11.8. The van der Waals surface area contributed by atoms with Gasteiger partial charge in [-0.15, -0.1) is 0 Å². The summed E-state index contributed by atoms with van der Waals surface area (Å²) in [6.07, 6.45) is 7.50. The van der Waals surface area contributed by atoms with Crippen molar-refractivity contribution >= 4 is 16.5 Å². The molecule has 0 saturated carbocycles. The molecule has 2 aliphatic rings. The van der Waals surface area contributed by atoms with E-state index in [1.54, 1.807) is 12.4 Å². The van der Waals surface area contributed by atoms with Crippen molar-refractivity contribution in [1.82, 2.24) is 9.97 Å². The molecule has 1 spiro atoms. The Hall–Kier alpha value is -1.88. The third kappa shape index (κ3) is 1.73. The molecule has 5 heteroatoms. The van der Waals surface area contributed by atoms with Crippen LogP contribution in [0.15, 0.2) is 29.5 Å². The van der Waals surface area contributed by atoms with Crippen LogP contribution in [0.1, 0.15) is 12.8 Å². The monoisotopic (exact) mass is 271 g/mol. The molecule has 0 aliphatic carbocycles. The maximum atomic E-state index is 11.8. The Bertz CT molecular complexity index is 696. The Morgan fingerprint density at radius 3 is 2.80 bits per heavy atom. The number of ether oxygens (including phenoxy) is 1. The molecule has 2 fully saturated rings. The summed E-state index contributed by atoms with van der Waals surface area (Å²) < 4.78 is 5.45. The zero-order valence-corrected chi connectivity index (χ0v) is 11.3. The van der Waals surface area contributed by atoms with Gasteiger partial charge >= 0.3 is 0 Å². The first-order valence-electron chi connectivity index (χ1n) is 7.06. The molecule has 1 N–H and O–H groups in total. The van der Waals surface area contributed by atoms with E-state index in [4.69, 9.17) is 4.74 Å². The van der Waals surface area contributed by atoms with Gasteiger partial charge in [-0.25, -0.2) is 0 Å². The SMILES string of the molecule is O=c1[nH]ccc2c(N3CC4(CCOCC4)C3)cncc12. The van der Waals surface area contributed by atoms with Gasteiger partial charge in [-0.3, -0.25) is 9.78 Å². The molecule has 2 saturated heterocycles. The highest BCUT2D eigenvalue weighted by Gasteiger charge is 2.44. The Balaban J connectivity index is 1.67. The van der Waals surface area contributed by atoms with Crippen LogP contribution >= 0.6 is 0 Å². The lowest BCUT2D eigenvalue weighted by Crippen LogP contribution is -2.58. The van der Waals surface area contributed by atoms with Gasteiger partial charge in [0.2, 0.25) is 0 Å². The number of aromatic amines is 1.